The summed E-state index contributed by atoms with van der Waals surface area (Å²) in [6, 6.07) is 21.0. The van der Waals surface area contributed by atoms with Gasteiger partial charge in [0.2, 0.25) is 0 Å². The minimum atomic E-state index is -0.892. The van der Waals surface area contributed by atoms with Crippen molar-refractivity contribution < 1.29 is 9.59 Å². The van der Waals surface area contributed by atoms with Crippen LogP contribution in [0.3, 0.4) is 0 Å². The quantitative estimate of drug-likeness (QED) is 0.310. The molecule has 29 heavy (non-hydrogen) atoms. The fraction of sp³-hybridized carbons (Fsp3) is 0. The van der Waals surface area contributed by atoms with Gasteiger partial charge < -0.3 is 10.6 Å². The normalized spacial score (nSPS) is 10.6. The van der Waals surface area contributed by atoms with Crippen molar-refractivity contribution in [2.45, 2.75) is 0 Å². The number of nitrogens with zero attached hydrogens (tertiary/aromatic N) is 1. The van der Waals surface area contributed by atoms with Gasteiger partial charge in [-0.15, -0.1) is 0 Å². The topological polar surface area (TPSA) is 82.6 Å². The van der Waals surface area contributed by atoms with E-state index in [2.05, 4.69) is 21.2 Å². The fourth-order valence-corrected chi connectivity index (χ4v) is 2.77. The second-order valence-electron chi connectivity index (χ2n) is 5.89. The third-order valence-corrected chi connectivity index (χ3v) is 4.20. The number of carbonyl (C=O) groups excluding carboxylic acids is 2. The SMILES string of the molecule is O=C(N/N=C\c1cc(Cl)ccc1Nc1cccc(Cl)c1)C(=O)Nc1ccccc1. The molecule has 0 spiro atoms. The van der Waals surface area contributed by atoms with Crippen LogP contribution < -0.4 is 16.1 Å². The standard InChI is InChI=1S/C21H16Cl2N4O2/c22-15-5-4-8-18(12-15)25-19-10-9-16(23)11-14(19)13-24-27-21(29)20(28)26-17-6-2-1-3-7-17/h1-13,25H,(H,26,28)(H,27,29)/b24-13-. The van der Waals surface area contributed by atoms with Gasteiger partial charge in [0.05, 0.1) is 6.21 Å². The number of rotatable bonds is 5. The third kappa shape index (κ3) is 6.07. The first kappa shape index (κ1) is 20.4. The van der Waals surface area contributed by atoms with Crippen LogP contribution in [0.5, 0.6) is 0 Å². The van der Waals surface area contributed by atoms with Crippen LogP contribution in [0, 0.1) is 0 Å². The minimum absolute atomic E-state index is 0.497. The molecule has 3 aromatic rings. The van der Waals surface area contributed by atoms with E-state index in [4.69, 9.17) is 23.2 Å². The van der Waals surface area contributed by atoms with Gasteiger partial charge in [0, 0.05) is 32.7 Å². The van der Waals surface area contributed by atoms with Crippen LogP contribution in [0.1, 0.15) is 5.56 Å². The van der Waals surface area contributed by atoms with Crippen molar-refractivity contribution in [1.29, 1.82) is 0 Å². The Morgan fingerprint density at radius 2 is 1.52 bits per heavy atom. The first-order valence-corrected chi connectivity index (χ1v) is 9.28. The Labute approximate surface area is 177 Å². The first-order valence-electron chi connectivity index (χ1n) is 8.53. The van der Waals surface area contributed by atoms with Crippen molar-refractivity contribution >= 4 is 58.3 Å². The highest BCUT2D eigenvalue weighted by Crippen LogP contribution is 2.24. The molecule has 0 fully saturated rings. The second kappa shape index (κ2) is 9.73. The van der Waals surface area contributed by atoms with Gasteiger partial charge in [0.1, 0.15) is 0 Å². The summed E-state index contributed by atoms with van der Waals surface area (Å²) in [5.74, 6) is -1.71. The fourth-order valence-electron chi connectivity index (χ4n) is 2.40. The van der Waals surface area contributed by atoms with Gasteiger partial charge in [-0.25, -0.2) is 5.43 Å². The second-order valence-corrected chi connectivity index (χ2v) is 6.76. The maximum atomic E-state index is 11.9. The molecule has 0 atom stereocenters. The van der Waals surface area contributed by atoms with Gasteiger partial charge in [-0.3, -0.25) is 9.59 Å². The van der Waals surface area contributed by atoms with Crippen LogP contribution >= 0.6 is 23.2 Å². The summed E-state index contributed by atoms with van der Waals surface area (Å²) < 4.78 is 0. The summed E-state index contributed by atoms with van der Waals surface area (Å²) in [5, 5.41) is 10.6. The van der Waals surface area contributed by atoms with Gasteiger partial charge >= 0.3 is 11.8 Å². The van der Waals surface area contributed by atoms with Crippen molar-refractivity contribution in [3.05, 3.63) is 88.4 Å². The van der Waals surface area contributed by atoms with Gasteiger partial charge in [-0.1, -0.05) is 47.5 Å². The molecule has 146 valence electrons. The van der Waals surface area contributed by atoms with Gasteiger partial charge in [-0.2, -0.15) is 5.10 Å². The predicted octanol–water partition coefficient (Wildman–Crippen LogP) is 4.83. The zero-order valence-corrected chi connectivity index (χ0v) is 16.5. The Morgan fingerprint density at radius 1 is 0.793 bits per heavy atom. The zero-order chi connectivity index (χ0) is 20.6. The van der Waals surface area contributed by atoms with Crippen LogP contribution in [0.25, 0.3) is 0 Å². The molecule has 6 nitrogen and oxygen atoms in total. The predicted molar refractivity (Wildman–Crippen MR) is 117 cm³/mol. The van der Waals surface area contributed by atoms with Crippen molar-refractivity contribution in [1.82, 2.24) is 5.43 Å². The molecule has 0 aliphatic rings. The number of anilines is 3. The molecule has 3 N–H and O–H groups in total. The van der Waals surface area contributed by atoms with E-state index >= 15 is 0 Å². The maximum Gasteiger partial charge on any atom is 0.329 e. The number of hydrazone groups is 1. The molecule has 0 radical (unpaired) electrons. The Bertz CT molecular complexity index is 1060. The molecule has 8 heteroatoms. The maximum absolute atomic E-state index is 11.9. The number of halogens is 2. The first-order chi connectivity index (χ1) is 14.0. The number of benzene rings is 3. The number of carbonyl (C=O) groups is 2. The number of amides is 2. The number of hydrogen-bond donors (Lipinski definition) is 3. The van der Waals surface area contributed by atoms with E-state index in [1.165, 1.54) is 6.21 Å². The lowest BCUT2D eigenvalue weighted by Crippen LogP contribution is -2.32. The lowest BCUT2D eigenvalue weighted by atomic mass is 10.2. The number of para-hydroxylation sites is 1. The van der Waals surface area contributed by atoms with E-state index in [1.807, 2.05) is 12.1 Å². The van der Waals surface area contributed by atoms with Crippen LogP contribution in [0.4, 0.5) is 17.1 Å². The smallest absolute Gasteiger partial charge is 0.329 e. The lowest BCUT2D eigenvalue weighted by Gasteiger charge is -2.10. The Balaban J connectivity index is 1.67. The largest absolute Gasteiger partial charge is 0.355 e. The monoisotopic (exact) mass is 426 g/mol. The Kier molecular flexibility index (Phi) is 6.84. The van der Waals surface area contributed by atoms with Crippen LogP contribution in [0.2, 0.25) is 10.0 Å². The Morgan fingerprint density at radius 3 is 2.28 bits per heavy atom. The molecule has 0 bridgehead atoms. The van der Waals surface area contributed by atoms with E-state index < -0.39 is 11.8 Å². The summed E-state index contributed by atoms with van der Waals surface area (Å²) in [6.07, 6.45) is 1.40. The molecule has 0 saturated heterocycles. The summed E-state index contributed by atoms with van der Waals surface area (Å²) >= 11 is 12.1. The molecule has 3 aromatic carbocycles. The average molecular weight is 427 g/mol. The van der Waals surface area contributed by atoms with E-state index in [9.17, 15) is 9.59 Å². The highest BCUT2D eigenvalue weighted by atomic mass is 35.5. The van der Waals surface area contributed by atoms with E-state index in [0.717, 1.165) is 5.69 Å². The molecular weight excluding hydrogens is 411 g/mol. The molecule has 0 unspecified atom stereocenters. The summed E-state index contributed by atoms with van der Waals surface area (Å²) in [7, 11) is 0. The molecule has 2 amide bonds. The summed E-state index contributed by atoms with van der Waals surface area (Å²) in [5.41, 5.74) is 4.80. The van der Waals surface area contributed by atoms with E-state index in [0.29, 0.717) is 27.0 Å². The number of nitrogens with one attached hydrogen (secondary N) is 3. The minimum Gasteiger partial charge on any atom is -0.355 e. The summed E-state index contributed by atoms with van der Waals surface area (Å²) in [6.45, 7) is 0. The number of hydrogen-bond acceptors (Lipinski definition) is 4. The van der Waals surface area contributed by atoms with Gasteiger partial charge in [0.15, 0.2) is 0 Å². The highest BCUT2D eigenvalue weighted by molar-refractivity contribution is 6.39. The van der Waals surface area contributed by atoms with E-state index in [1.54, 1.807) is 60.7 Å². The molecule has 0 heterocycles. The van der Waals surface area contributed by atoms with Crippen molar-refractivity contribution in [2.75, 3.05) is 10.6 Å². The van der Waals surface area contributed by atoms with Gasteiger partial charge in [-0.05, 0) is 48.5 Å². The van der Waals surface area contributed by atoms with E-state index in [-0.39, 0.29) is 0 Å². The lowest BCUT2D eigenvalue weighted by molar-refractivity contribution is -0.136. The molecule has 0 aromatic heterocycles. The van der Waals surface area contributed by atoms with Crippen molar-refractivity contribution in [3.8, 4) is 0 Å². The molecule has 0 aliphatic heterocycles. The van der Waals surface area contributed by atoms with Gasteiger partial charge in [0.25, 0.3) is 0 Å². The van der Waals surface area contributed by atoms with Crippen molar-refractivity contribution in [2.24, 2.45) is 5.10 Å². The zero-order valence-electron chi connectivity index (χ0n) is 15.0. The van der Waals surface area contributed by atoms with Crippen LogP contribution in [-0.4, -0.2) is 18.0 Å². The van der Waals surface area contributed by atoms with Crippen molar-refractivity contribution in [3.63, 3.8) is 0 Å². The molecular formula is C21H16Cl2N4O2. The Hall–Kier alpha value is -3.35. The molecule has 3 rings (SSSR count). The van der Waals surface area contributed by atoms with Crippen LogP contribution in [0.15, 0.2) is 77.9 Å². The molecule has 0 aliphatic carbocycles. The average Bonchev–Trinajstić information content (AvgIpc) is 2.70. The van der Waals surface area contributed by atoms with Crippen LogP contribution in [-0.2, 0) is 9.59 Å². The molecule has 0 saturated carbocycles. The highest BCUT2D eigenvalue weighted by Gasteiger charge is 2.12. The third-order valence-electron chi connectivity index (χ3n) is 3.72. The summed E-state index contributed by atoms with van der Waals surface area (Å²) in [4.78, 5) is 23.8.